The highest BCUT2D eigenvalue weighted by Gasteiger charge is 2.45. The molecule has 1 atom stereocenters. The number of methoxy groups -OCH3 is 1. The lowest BCUT2D eigenvalue weighted by Gasteiger charge is -2.52. The minimum absolute atomic E-state index is 0.120. The summed E-state index contributed by atoms with van der Waals surface area (Å²) in [6, 6.07) is 10.3. The molecule has 1 heterocycles. The Morgan fingerprint density at radius 2 is 1.65 bits per heavy atom. The molecule has 0 amide bonds. The van der Waals surface area contributed by atoms with E-state index in [0.717, 1.165) is 19.3 Å². The third-order valence-corrected chi connectivity index (χ3v) is 5.62. The second-order valence-electron chi connectivity index (χ2n) is 9.34. The molecule has 1 aromatic carbocycles. The topological polar surface area (TPSA) is 38.8 Å². The first-order valence-electron chi connectivity index (χ1n) is 9.60. The quantitative estimate of drug-likeness (QED) is 0.678. The summed E-state index contributed by atoms with van der Waals surface area (Å²) in [4.78, 5) is 18.9. The maximum Gasteiger partial charge on any atom is 0.337 e. The summed E-state index contributed by atoms with van der Waals surface area (Å²) in [5, 5.41) is 2.05. The summed E-state index contributed by atoms with van der Waals surface area (Å²) in [7, 11) is 1.43. The van der Waals surface area contributed by atoms with Crippen LogP contribution in [0, 0.1) is 0 Å². The Hall–Kier alpha value is -1.39. The van der Waals surface area contributed by atoms with Crippen LogP contribution in [0.4, 0.5) is 0 Å². The number of hydrogen-bond acceptors (Lipinski definition) is 4. The third kappa shape index (κ3) is 4.66. The summed E-state index contributed by atoms with van der Waals surface area (Å²) in [5.41, 5.74) is 0.745. The first-order valence-corrected chi connectivity index (χ1v) is 9.60. The van der Waals surface area contributed by atoms with Crippen LogP contribution in [0.1, 0.15) is 72.8 Å². The molecule has 26 heavy (non-hydrogen) atoms. The predicted molar refractivity (Wildman–Crippen MR) is 105 cm³/mol. The molecule has 146 valence electrons. The highest BCUT2D eigenvalue weighted by atomic mass is 16.7. The molecule has 1 aromatic rings. The van der Waals surface area contributed by atoms with Crippen molar-refractivity contribution in [1.82, 2.24) is 5.06 Å². The van der Waals surface area contributed by atoms with Gasteiger partial charge < -0.3 is 4.74 Å². The van der Waals surface area contributed by atoms with Gasteiger partial charge in [0.15, 0.2) is 6.10 Å². The van der Waals surface area contributed by atoms with Gasteiger partial charge in [-0.3, -0.25) is 4.84 Å². The minimum Gasteiger partial charge on any atom is -0.467 e. The van der Waals surface area contributed by atoms with E-state index in [1.807, 2.05) is 23.3 Å². The Balaban J connectivity index is 2.26. The monoisotopic (exact) mass is 361 g/mol. The molecule has 1 aliphatic rings. The molecule has 0 radical (unpaired) electrons. The third-order valence-electron chi connectivity index (χ3n) is 5.62. The van der Waals surface area contributed by atoms with Gasteiger partial charge in [0.1, 0.15) is 0 Å². The average molecular weight is 362 g/mol. The Kier molecular flexibility index (Phi) is 6.19. The van der Waals surface area contributed by atoms with Gasteiger partial charge in [0, 0.05) is 11.1 Å². The van der Waals surface area contributed by atoms with Gasteiger partial charge in [-0.25, -0.2) is 4.79 Å². The standard InChI is InChI=1S/C22H35NO3/c1-20(2,17-12-9-8-10-13-17)16-18(19(24)25-7)26-23-21(3,4)14-11-15-22(23,5)6/h8-10,12-13,18H,11,14-16H2,1-7H3. The molecule has 1 unspecified atom stereocenters. The number of nitrogens with zero attached hydrogens (tertiary/aromatic N) is 1. The van der Waals surface area contributed by atoms with Gasteiger partial charge in [0.2, 0.25) is 0 Å². The number of hydroxylamine groups is 2. The molecule has 2 rings (SSSR count). The number of ether oxygens (including phenoxy) is 1. The lowest BCUT2D eigenvalue weighted by molar-refractivity contribution is -0.304. The molecule has 0 aromatic heterocycles. The lowest BCUT2D eigenvalue weighted by atomic mass is 9.79. The molecular formula is C22H35NO3. The van der Waals surface area contributed by atoms with Crippen molar-refractivity contribution in [3.05, 3.63) is 35.9 Å². The van der Waals surface area contributed by atoms with Crippen molar-refractivity contribution in [1.29, 1.82) is 0 Å². The molecule has 4 nitrogen and oxygen atoms in total. The van der Waals surface area contributed by atoms with Crippen molar-refractivity contribution >= 4 is 5.97 Å². The van der Waals surface area contributed by atoms with E-state index in [1.165, 1.54) is 12.7 Å². The summed E-state index contributed by atoms with van der Waals surface area (Å²) in [5.74, 6) is -0.314. The fourth-order valence-electron chi connectivity index (χ4n) is 4.15. The second kappa shape index (κ2) is 7.69. The first kappa shape index (κ1) is 20.9. The van der Waals surface area contributed by atoms with Crippen LogP contribution in [-0.4, -0.2) is 35.3 Å². The summed E-state index contributed by atoms with van der Waals surface area (Å²) >= 11 is 0. The summed E-state index contributed by atoms with van der Waals surface area (Å²) in [6.45, 7) is 13.0. The molecular weight excluding hydrogens is 326 g/mol. The van der Waals surface area contributed by atoms with Crippen molar-refractivity contribution in [3.63, 3.8) is 0 Å². The van der Waals surface area contributed by atoms with E-state index in [1.54, 1.807) is 0 Å². The van der Waals surface area contributed by atoms with Crippen molar-refractivity contribution in [2.45, 2.75) is 89.8 Å². The maximum atomic E-state index is 12.5. The van der Waals surface area contributed by atoms with Crippen LogP contribution >= 0.6 is 0 Å². The summed E-state index contributed by atoms with van der Waals surface area (Å²) < 4.78 is 5.08. The SMILES string of the molecule is COC(=O)C(CC(C)(C)c1ccccc1)ON1C(C)(C)CCCC1(C)C. The van der Waals surface area contributed by atoms with Crippen molar-refractivity contribution in [2.24, 2.45) is 0 Å². The van der Waals surface area contributed by atoms with E-state index >= 15 is 0 Å². The van der Waals surface area contributed by atoms with Crippen LogP contribution in [-0.2, 0) is 19.8 Å². The predicted octanol–water partition coefficient (Wildman–Crippen LogP) is 4.87. The molecule has 0 aliphatic carbocycles. The minimum atomic E-state index is -0.633. The zero-order chi connectivity index (χ0) is 19.6. The lowest BCUT2D eigenvalue weighted by Crippen LogP contribution is -2.60. The van der Waals surface area contributed by atoms with Crippen LogP contribution in [0.25, 0.3) is 0 Å². The van der Waals surface area contributed by atoms with Crippen molar-refractivity contribution in [3.8, 4) is 0 Å². The number of carbonyl (C=O) groups excluding carboxylic acids is 1. The number of esters is 1. The second-order valence-corrected chi connectivity index (χ2v) is 9.34. The van der Waals surface area contributed by atoms with E-state index in [9.17, 15) is 4.79 Å². The first-order chi connectivity index (χ1) is 12.0. The van der Waals surface area contributed by atoms with Crippen LogP contribution in [0.2, 0.25) is 0 Å². The Labute approximate surface area is 158 Å². The van der Waals surface area contributed by atoms with E-state index in [0.29, 0.717) is 6.42 Å². The molecule has 0 saturated carbocycles. The molecule has 1 saturated heterocycles. The largest absolute Gasteiger partial charge is 0.467 e. The van der Waals surface area contributed by atoms with Gasteiger partial charge in [-0.15, -0.1) is 0 Å². The number of hydrogen-bond donors (Lipinski definition) is 0. The zero-order valence-corrected chi connectivity index (χ0v) is 17.5. The fourth-order valence-corrected chi connectivity index (χ4v) is 4.15. The van der Waals surface area contributed by atoms with Gasteiger partial charge in [0.25, 0.3) is 0 Å². The number of rotatable bonds is 6. The van der Waals surface area contributed by atoms with Crippen LogP contribution in [0.5, 0.6) is 0 Å². The van der Waals surface area contributed by atoms with Gasteiger partial charge in [0.05, 0.1) is 7.11 Å². The van der Waals surface area contributed by atoms with Crippen LogP contribution in [0.3, 0.4) is 0 Å². The van der Waals surface area contributed by atoms with Gasteiger partial charge in [-0.1, -0.05) is 44.2 Å². The normalized spacial score (nSPS) is 21.2. The highest BCUT2D eigenvalue weighted by molar-refractivity contribution is 5.74. The molecule has 0 bridgehead atoms. The van der Waals surface area contributed by atoms with E-state index < -0.39 is 6.10 Å². The average Bonchev–Trinajstić information content (AvgIpc) is 2.56. The Bertz CT molecular complexity index is 591. The van der Waals surface area contributed by atoms with Crippen LogP contribution < -0.4 is 0 Å². The van der Waals surface area contributed by atoms with Crippen molar-refractivity contribution < 1.29 is 14.4 Å². The Morgan fingerprint density at radius 3 is 2.15 bits per heavy atom. The molecule has 4 heteroatoms. The zero-order valence-electron chi connectivity index (χ0n) is 17.5. The van der Waals surface area contributed by atoms with Gasteiger partial charge >= 0.3 is 5.97 Å². The number of carbonyl (C=O) groups is 1. The molecule has 1 fully saturated rings. The molecule has 1 aliphatic heterocycles. The van der Waals surface area contributed by atoms with Crippen LogP contribution in [0.15, 0.2) is 30.3 Å². The summed E-state index contributed by atoms with van der Waals surface area (Å²) in [6.07, 6.45) is 3.19. The molecule has 0 N–H and O–H groups in total. The van der Waals surface area contributed by atoms with E-state index in [4.69, 9.17) is 9.57 Å². The number of piperidine rings is 1. The highest BCUT2D eigenvalue weighted by Crippen LogP contribution is 2.40. The Morgan fingerprint density at radius 1 is 1.12 bits per heavy atom. The smallest absolute Gasteiger partial charge is 0.337 e. The maximum absolute atomic E-state index is 12.5. The van der Waals surface area contributed by atoms with Crippen molar-refractivity contribution in [2.75, 3.05) is 7.11 Å². The van der Waals surface area contributed by atoms with E-state index in [2.05, 4.69) is 53.7 Å². The van der Waals surface area contributed by atoms with Gasteiger partial charge in [-0.05, 0) is 64.4 Å². The fraction of sp³-hybridized carbons (Fsp3) is 0.682. The van der Waals surface area contributed by atoms with Gasteiger partial charge in [-0.2, -0.15) is 5.06 Å². The molecule has 0 spiro atoms. The van der Waals surface area contributed by atoms with E-state index in [-0.39, 0.29) is 22.5 Å². The number of benzene rings is 1.